The molecule has 7 nitrogen and oxygen atoms in total. The Balaban J connectivity index is 1.42. The number of nitrogens with zero attached hydrogens (tertiary/aromatic N) is 3. The molecule has 28 heavy (non-hydrogen) atoms. The summed E-state index contributed by atoms with van der Waals surface area (Å²) >= 11 is 0. The fraction of sp³-hybridized carbons (Fsp3) is 0.300. The number of sulfonamides is 1. The third-order valence-corrected chi connectivity index (χ3v) is 6.83. The van der Waals surface area contributed by atoms with E-state index >= 15 is 0 Å². The molecule has 3 heterocycles. The Hall–Kier alpha value is -2.71. The summed E-state index contributed by atoms with van der Waals surface area (Å²) in [6, 6.07) is 13.8. The summed E-state index contributed by atoms with van der Waals surface area (Å²) < 4.78 is 28.6. The molecule has 0 radical (unpaired) electrons. The van der Waals surface area contributed by atoms with Gasteiger partial charge >= 0.3 is 0 Å². The largest absolute Gasteiger partial charge is 0.346 e. The van der Waals surface area contributed by atoms with Crippen molar-refractivity contribution in [2.45, 2.75) is 30.7 Å². The number of fused-ring (bicyclic) bond motifs is 1. The molecule has 0 atom stereocenters. The molecule has 4 rings (SSSR count). The number of hydrogen-bond acceptors (Lipinski definition) is 4. The van der Waals surface area contributed by atoms with Crippen molar-refractivity contribution in [2.75, 3.05) is 13.1 Å². The van der Waals surface area contributed by atoms with E-state index in [0.717, 1.165) is 30.5 Å². The smallest absolute Gasteiger partial charge is 0.251 e. The molecule has 1 amide bonds. The highest BCUT2D eigenvalue weighted by molar-refractivity contribution is 7.89. The van der Waals surface area contributed by atoms with E-state index in [1.165, 1.54) is 16.4 Å². The number of rotatable bonds is 5. The van der Waals surface area contributed by atoms with Crippen LogP contribution < -0.4 is 5.32 Å². The molecule has 0 spiro atoms. The number of carbonyl (C=O) groups is 1. The summed E-state index contributed by atoms with van der Waals surface area (Å²) in [5.74, 6) is -0.265. The molecule has 0 aliphatic carbocycles. The number of pyridine rings is 1. The molecule has 0 bridgehead atoms. The van der Waals surface area contributed by atoms with E-state index in [1.54, 1.807) is 16.6 Å². The van der Waals surface area contributed by atoms with Crippen molar-refractivity contribution in [1.82, 2.24) is 19.2 Å². The van der Waals surface area contributed by atoms with Gasteiger partial charge in [-0.05, 0) is 55.3 Å². The van der Waals surface area contributed by atoms with E-state index in [1.807, 2.05) is 30.5 Å². The number of piperidine rings is 1. The van der Waals surface area contributed by atoms with Crippen LogP contribution in [0.2, 0.25) is 0 Å². The molecular weight excluding hydrogens is 376 g/mol. The average Bonchev–Trinajstić information content (AvgIpc) is 3.16. The quantitative estimate of drug-likeness (QED) is 0.716. The van der Waals surface area contributed by atoms with Crippen LogP contribution in [-0.4, -0.2) is 41.3 Å². The summed E-state index contributed by atoms with van der Waals surface area (Å²) in [5, 5.41) is 7.22. The zero-order chi connectivity index (χ0) is 19.6. The Kier molecular flexibility index (Phi) is 5.15. The van der Waals surface area contributed by atoms with Crippen LogP contribution in [0, 0.1) is 0 Å². The highest BCUT2D eigenvalue weighted by atomic mass is 32.2. The fourth-order valence-electron chi connectivity index (χ4n) is 3.38. The van der Waals surface area contributed by atoms with Gasteiger partial charge in [-0.25, -0.2) is 12.9 Å². The van der Waals surface area contributed by atoms with Gasteiger partial charge in [-0.1, -0.05) is 12.5 Å². The van der Waals surface area contributed by atoms with Crippen LogP contribution in [-0.2, 0) is 16.6 Å². The number of amides is 1. The summed E-state index contributed by atoms with van der Waals surface area (Å²) in [7, 11) is -3.49. The molecule has 1 saturated heterocycles. The van der Waals surface area contributed by atoms with Gasteiger partial charge in [-0.15, -0.1) is 0 Å². The van der Waals surface area contributed by atoms with Gasteiger partial charge in [0.25, 0.3) is 5.91 Å². The van der Waals surface area contributed by atoms with Gasteiger partial charge < -0.3 is 5.32 Å². The zero-order valence-corrected chi connectivity index (χ0v) is 16.2. The SMILES string of the molecule is O=C(NCc1cc2ccccn2n1)c1ccc(S(=O)(=O)N2CCCCC2)cc1. The Morgan fingerprint density at radius 2 is 1.79 bits per heavy atom. The predicted molar refractivity (Wildman–Crippen MR) is 105 cm³/mol. The maximum Gasteiger partial charge on any atom is 0.251 e. The first-order chi connectivity index (χ1) is 13.5. The monoisotopic (exact) mass is 398 g/mol. The number of nitrogens with one attached hydrogen (secondary N) is 1. The summed E-state index contributed by atoms with van der Waals surface area (Å²) in [5.41, 5.74) is 2.13. The number of hydrogen-bond donors (Lipinski definition) is 1. The van der Waals surface area contributed by atoms with Crippen molar-refractivity contribution >= 4 is 21.4 Å². The van der Waals surface area contributed by atoms with Crippen LogP contribution in [0.4, 0.5) is 0 Å². The third-order valence-electron chi connectivity index (χ3n) is 4.92. The summed E-state index contributed by atoms with van der Waals surface area (Å²) in [6.45, 7) is 1.42. The van der Waals surface area contributed by atoms with Crippen LogP contribution in [0.3, 0.4) is 0 Å². The van der Waals surface area contributed by atoms with Gasteiger partial charge in [-0.3, -0.25) is 4.79 Å². The van der Waals surface area contributed by atoms with E-state index in [2.05, 4.69) is 10.4 Å². The minimum absolute atomic E-state index is 0.228. The van der Waals surface area contributed by atoms with Crippen molar-refractivity contribution in [3.05, 3.63) is 66.0 Å². The predicted octanol–water partition coefficient (Wildman–Crippen LogP) is 2.44. The molecule has 2 aromatic heterocycles. The van der Waals surface area contributed by atoms with E-state index in [4.69, 9.17) is 0 Å². The van der Waals surface area contributed by atoms with E-state index in [0.29, 0.717) is 25.2 Å². The molecule has 1 fully saturated rings. The highest BCUT2D eigenvalue weighted by Gasteiger charge is 2.25. The number of carbonyl (C=O) groups excluding carboxylic acids is 1. The second-order valence-corrected chi connectivity index (χ2v) is 8.82. The molecule has 1 aliphatic rings. The number of benzene rings is 1. The van der Waals surface area contributed by atoms with Crippen molar-refractivity contribution in [3.63, 3.8) is 0 Å². The van der Waals surface area contributed by atoms with Crippen LogP contribution in [0.5, 0.6) is 0 Å². The maximum atomic E-state index is 12.7. The molecule has 0 unspecified atom stereocenters. The van der Waals surface area contributed by atoms with Crippen LogP contribution >= 0.6 is 0 Å². The first kappa shape index (κ1) is 18.6. The van der Waals surface area contributed by atoms with Crippen molar-refractivity contribution < 1.29 is 13.2 Å². The van der Waals surface area contributed by atoms with E-state index < -0.39 is 10.0 Å². The van der Waals surface area contributed by atoms with E-state index in [-0.39, 0.29) is 10.8 Å². The topological polar surface area (TPSA) is 83.8 Å². The van der Waals surface area contributed by atoms with Gasteiger partial charge in [0.05, 0.1) is 22.7 Å². The first-order valence-electron chi connectivity index (χ1n) is 9.36. The van der Waals surface area contributed by atoms with Crippen LogP contribution in [0.25, 0.3) is 5.52 Å². The van der Waals surface area contributed by atoms with Gasteiger partial charge in [0, 0.05) is 24.8 Å². The normalized spacial score (nSPS) is 15.6. The van der Waals surface area contributed by atoms with Gasteiger partial charge in [-0.2, -0.15) is 9.40 Å². The van der Waals surface area contributed by atoms with Crippen molar-refractivity contribution in [2.24, 2.45) is 0 Å². The molecule has 3 aromatic rings. The molecule has 1 aromatic carbocycles. The Bertz CT molecular complexity index is 1050. The molecule has 1 N–H and O–H groups in total. The standard InChI is InChI=1S/C20H22N4O3S/c25-20(21-15-17-14-18-6-2-5-13-24(18)22-17)16-7-9-19(10-8-16)28(26,27)23-11-3-1-4-12-23/h2,5-10,13-14H,1,3-4,11-12,15H2,(H,21,25). The first-order valence-corrected chi connectivity index (χ1v) is 10.8. The highest BCUT2D eigenvalue weighted by Crippen LogP contribution is 2.20. The second kappa shape index (κ2) is 7.73. The fourth-order valence-corrected chi connectivity index (χ4v) is 4.90. The van der Waals surface area contributed by atoms with Crippen LogP contribution in [0.1, 0.15) is 35.3 Å². The summed E-state index contributed by atoms with van der Waals surface area (Å²) in [4.78, 5) is 12.6. The van der Waals surface area contributed by atoms with Gasteiger partial charge in [0.1, 0.15) is 0 Å². The second-order valence-electron chi connectivity index (χ2n) is 6.88. The lowest BCUT2D eigenvalue weighted by Crippen LogP contribution is -2.35. The Morgan fingerprint density at radius 1 is 1.04 bits per heavy atom. The Labute approximate surface area is 164 Å². The third kappa shape index (κ3) is 3.79. The molecule has 0 saturated carbocycles. The van der Waals surface area contributed by atoms with Gasteiger partial charge in [0.2, 0.25) is 10.0 Å². The number of aromatic nitrogens is 2. The zero-order valence-electron chi connectivity index (χ0n) is 15.4. The lowest BCUT2D eigenvalue weighted by atomic mass is 10.2. The molecule has 1 aliphatic heterocycles. The Morgan fingerprint density at radius 3 is 2.50 bits per heavy atom. The molecule has 8 heteroatoms. The lowest BCUT2D eigenvalue weighted by molar-refractivity contribution is 0.0950. The minimum atomic E-state index is -3.49. The minimum Gasteiger partial charge on any atom is -0.346 e. The maximum absolute atomic E-state index is 12.7. The molecular formula is C20H22N4O3S. The lowest BCUT2D eigenvalue weighted by Gasteiger charge is -2.25. The van der Waals surface area contributed by atoms with Crippen LogP contribution in [0.15, 0.2) is 59.6 Å². The van der Waals surface area contributed by atoms with Crippen molar-refractivity contribution in [1.29, 1.82) is 0 Å². The van der Waals surface area contributed by atoms with E-state index in [9.17, 15) is 13.2 Å². The van der Waals surface area contributed by atoms with Gasteiger partial charge in [0.15, 0.2) is 0 Å². The van der Waals surface area contributed by atoms with Crippen molar-refractivity contribution in [3.8, 4) is 0 Å². The summed E-state index contributed by atoms with van der Waals surface area (Å²) in [6.07, 6.45) is 4.70. The average molecular weight is 398 g/mol. The molecule has 146 valence electrons.